The van der Waals surface area contributed by atoms with E-state index >= 15 is 0 Å². The van der Waals surface area contributed by atoms with Gasteiger partial charge in [-0.3, -0.25) is 0 Å². The van der Waals surface area contributed by atoms with Gasteiger partial charge in [0.25, 0.3) is 0 Å². The molecule has 1 saturated heterocycles. The smallest absolute Gasteiger partial charge is 0.129 e. The fourth-order valence-corrected chi connectivity index (χ4v) is 3.57. The minimum atomic E-state index is -0.147. The number of nitrogens with one attached hydrogen (secondary N) is 1. The van der Waals surface area contributed by atoms with Crippen molar-refractivity contribution in [2.45, 2.75) is 38.3 Å². The van der Waals surface area contributed by atoms with Crippen LogP contribution in [0.5, 0.6) is 0 Å². The van der Waals surface area contributed by atoms with Crippen molar-refractivity contribution in [3.63, 3.8) is 0 Å². The third kappa shape index (κ3) is 4.59. The number of hydrogen-bond acceptors (Lipinski definition) is 3. The number of hydrogen-bond donors (Lipinski definition) is 2. The molecule has 0 aliphatic carbocycles. The van der Waals surface area contributed by atoms with E-state index in [4.69, 9.17) is 0 Å². The summed E-state index contributed by atoms with van der Waals surface area (Å²) in [6.07, 6.45) is 3.90. The molecule has 1 heterocycles. The summed E-state index contributed by atoms with van der Waals surface area (Å²) >= 11 is 0. The molecular weight excluding hydrogens is 315 g/mol. The maximum atomic E-state index is 14.5. The summed E-state index contributed by atoms with van der Waals surface area (Å²) in [4.78, 5) is 2.28. The van der Waals surface area contributed by atoms with Crippen molar-refractivity contribution in [1.29, 1.82) is 0 Å². The first-order valence-corrected chi connectivity index (χ1v) is 9.21. The molecule has 0 radical (unpaired) electrons. The monoisotopic (exact) mass is 342 g/mol. The zero-order valence-corrected chi connectivity index (χ0v) is 14.6. The molecule has 1 aliphatic rings. The fourth-order valence-electron chi connectivity index (χ4n) is 3.57. The Labute approximate surface area is 149 Å². The van der Waals surface area contributed by atoms with Crippen LogP contribution in [0.4, 0.5) is 10.1 Å². The number of halogens is 1. The van der Waals surface area contributed by atoms with Crippen molar-refractivity contribution in [2.75, 3.05) is 24.6 Å². The van der Waals surface area contributed by atoms with E-state index in [9.17, 15) is 9.50 Å². The molecule has 1 unspecified atom stereocenters. The van der Waals surface area contributed by atoms with Crippen LogP contribution >= 0.6 is 0 Å². The van der Waals surface area contributed by atoms with Crippen molar-refractivity contribution in [1.82, 2.24) is 5.32 Å². The van der Waals surface area contributed by atoms with Gasteiger partial charge in [0.1, 0.15) is 5.82 Å². The average molecular weight is 342 g/mol. The highest BCUT2D eigenvalue weighted by molar-refractivity contribution is 5.54. The van der Waals surface area contributed by atoms with Crippen LogP contribution in [0.2, 0.25) is 0 Å². The van der Waals surface area contributed by atoms with E-state index in [1.807, 2.05) is 24.3 Å². The molecule has 0 bridgehead atoms. The van der Waals surface area contributed by atoms with Crippen LogP contribution < -0.4 is 10.2 Å². The lowest BCUT2D eigenvalue weighted by Crippen LogP contribution is -2.25. The van der Waals surface area contributed by atoms with Gasteiger partial charge in [-0.1, -0.05) is 36.4 Å². The second-order valence-corrected chi connectivity index (χ2v) is 6.64. The lowest BCUT2D eigenvalue weighted by atomic mass is 10.0. The van der Waals surface area contributed by atoms with Gasteiger partial charge in [0.05, 0.1) is 0 Å². The first-order valence-electron chi connectivity index (χ1n) is 9.21. The Morgan fingerprint density at radius 1 is 1.04 bits per heavy atom. The summed E-state index contributed by atoms with van der Waals surface area (Å²) in [6, 6.07) is 15.7. The molecule has 134 valence electrons. The fraction of sp³-hybridized carbons (Fsp3) is 0.429. The minimum absolute atomic E-state index is 0.111. The third-order valence-electron chi connectivity index (χ3n) is 4.92. The topological polar surface area (TPSA) is 35.5 Å². The quantitative estimate of drug-likeness (QED) is 0.760. The summed E-state index contributed by atoms with van der Waals surface area (Å²) in [5.41, 5.74) is 2.93. The highest BCUT2D eigenvalue weighted by Crippen LogP contribution is 2.28. The number of benzene rings is 2. The van der Waals surface area contributed by atoms with Gasteiger partial charge in [0, 0.05) is 43.5 Å². The van der Waals surface area contributed by atoms with E-state index < -0.39 is 0 Å². The average Bonchev–Trinajstić information content (AvgIpc) is 3.18. The molecule has 3 nitrogen and oxygen atoms in total. The van der Waals surface area contributed by atoms with Crippen LogP contribution in [-0.2, 0) is 6.54 Å². The number of anilines is 1. The van der Waals surface area contributed by atoms with E-state index in [2.05, 4.69) is 22.3 Å². The van der Waals surface area contributed by atoms with E-state index in [1.54, 1.807) is 12.1 Å². The SMILES string of the molecule is OCCCC(NCc1c(F)cccc1N1CCCC1)c1ccccc1. The molecule has 1 atom stereocenters. The van der Waals surface area contributed by atoms with Gasteiger partial charge in [-0.2, -0.15) is 0 Å². The third-order valence-corrected chi connectivity index (χ3v) is 4.92. The Bertz CT molecular complexity index is 656. The summed E-state index contributed by atoms with van der Waals surface area (Å²) in [5.74, 6) is -0.147. The predicted octanol–water partition coefficient (Wildman–Crippen LogP) is 4.03. The second kappa shape index (κ2) is 8.97. The standard InChI is InChI=1S/C21H27FN2O/c22-19-10-6-12-21(24-13-4-5-14-24)18(19)16-23-20(11-7-15-25)17-8-2-1-3-9-17/h1-3,6,8-10,12,20,23,25H,4-5,7,11,13-16H2. The maximum Gasteiger partial charge on any atom is 0.129 e. The molecule has 1 aliphatic heterocycles. The van der Waals surface area contributed by atoms with Gasteiger partial charge in [0.15, 0.2) is 0 Å². The molecule has 3 rings (SSSR count). The van der Waals surface area contributed by atoms with Gasteiger partial charge in [-0.15, -0.1) is 0 Å². The van der Waals surface area contributed by atoms with Crippen LogP contribution in [0.1, 0.15) is 42.9 Å². The van der Waals surface area contributed by atoms with Crippen LogP contribution in [0.3, 0.4) is 0 Å². The summed E-state index contributed by atoms with van der Waals surface area (Å²) in [6.45, 7) is 2.67. The van der Waals surface area contributed by atoms with E-state index in [0.29, 0.717) is 6.54 Å². The Morgan fingerprint density at radius 3 is 2.52 bits per heavy atom. The second-order valence-electron chi connectivity index (χ2n) is 6.64. The number of rotatable bonds is 8. The molecule has 2 aromatic carbocycles. The predicted molar refractivity (Wildman–Crippen MR) is 100 cm³/mol. The molecule has 0 aromatic heterocycles. The van der Waals surface area contributed by atoms with Gasteiger partial charge in [0.2, 0.25) is 0 Å². The van der Waals surface area contributed by atoms with E-state index in [0.717, 1.165) is 37.2 Å². The van der Waals surface area contributed by atoms with Crippen molar-refractivity contribution in [3.8, 4) is 0 Å². The molecule has 2 aromatic rings. The van der Waals surface area contributed by atoms with Gasteiger partial charge in [-0.25, -0.2) is 4.39 Å². The van der Waals surface area contributed by atoms with Crippen molar-refractivity contribution >= 4 is 5.69 Å². The van der Waals surface area contributed by atoms with Gasteiger partial charge in [-0.05, 0) is 43.4 Å². The zero-order chi connectivity index (χ0) is 17.5. The van der Waals surface area contributed by atoms with Gasteiger partial charge < -0.3 is 15.3 Å². The zero-order valence-electron chi connectivity index (χ0n) is 14.6. The van der Waals surface area contributed by atoms with Crippen LogP contribution in [-0.4, -0.2) is 24.8 Å². The molecule has 4 heteroatoms. The van der Waals surface area contributed by atoms with E-state index in [1.165, 1.54) is 18.4 Å². The van der Waals surface area contributed by atoms with Crippen LogP contribution in [0.15, 0.2) is 48.5 Å². The van der Waals surface area contributed by atoms with Crippen molar-refractivity contribution in [3.05, 3.63) is 65.5 Å². The van der Waals surface area contributed by atoms with Crippen molar-refractivity contribution in [2.24, 2.45) is 0 Å². The highest BCUT2D eigenvalue weighted by Gasteiger charge is 2.19. The molecule has 1 fully saturated rings. The first kappa shape index (κ1) is 17.9. The van der Waals surface area contributed by atoms with Gasteiger partial charge >= 0.3 is 0 Å². The lowest BCUT2D eigenvalue weighted by molar-refractivity contribution is 0.274. The molecular formula is C21H27FN2O. The van der Waals surface area contributed by atoms with Crippen LogP contribution in [0, 0.1) is 5.82 Å². The Balaban J connectivity index is 1.76. The summed E-state index contributed by atoms with van der Waals surface area (Å²) in [5, 5.41) is 12.7. The normalized spacial score (nSPS) is 15.5. The molecule has 0 spiro atoms. The summed E-state index contributed by atoms with van der Waals surface area (Å²) < 4.78 is 14.5. The molecule has 2 N–H and O–H groups in total. The Hall–Kier alpha value is -1.91. The molecule has 25 heavy (non-hydrogen) atoms. The number of aliphatic hydroxyl groups excluding tert-OH is 1. The highest BCUT2D eigenvalue weighted by atomic mass is 19.1. The first-order chi connectivity index (χ1) is 12.3. The number of aliphatic hydroxyl groups is 1. The molecule has 0 amide bonds. The lowest BCUT2D eigenvalue weighted by Gasteiger charge is -2.24. The van der Waals surface area contributed by atoms with Crippen molar-refractivity contribution < 1.29 is 9.50 Å². The minimum Gasteiger partial charge on any atom is -0.396 e. The Kier molecular flexibility index (Phi) is 6.42. The Morgan fingerprint density at radius 2 is 1.80 bits per heavy atom. The van der Waals surface area contributed by atoms with E-state index in [-0.39, 0.29) is 18.5 Å². The maximum absolute atomic E-state index is 14.5. The number of nitrogens with zero attached hydrogens (tertiary/aromatic N) is 1. The van der Waals surface area contributed by atoms with Crippen LogP contribution in [0.25, 0.3) is 0 Å². The largest absolute Gasteiger partial charge is 0.396 e. The molecule has 0 saturated carbocycles. The summed E-state index contributed by atoms with van der Waals surface area (Å²) in [7, 11) is 0.